The molecule has 1 spiro atoms. The van der Waals surface area contributed by atoms with Gasteiger partial charge in [-0.15, -0.1) is 0 Å². The number of carbonyl (C=O) groups excluding carboxylic acids is 2. The van der Waals surface area contributed by atoms with Crippen LogP contribution in [0.25, 0.3) is 0 Å². The van der Waals surface area contributed by atoms with Gasteiger partial charge in [0.15, 0.2) is 0 Å². The van der Waals surface area contributed by atoms with Crippen molar-refractivity contribution in [3.63, 3.8) is 0 Å². The lowest BCUT2D eigenvalue weighted by atomic mass is 9.84. The number of rotatable bonds is 0. The van der Waals surface area contributed by atoms with E-state index in [1.54, 1.807) is 11.0 Å². The third-order valence-electron chi connectivity index (χ3n) is 4.20. The predicted octanol–water partition coefficient (Wildman–Crippen LogP) is 3.85. The molecule has 0 bridgehead atoms. The Hall–Kier alpha value is -1.56. The van der Waals surface area contributed by atoms with Crippen molar-refractivity contribution in [2.45, 2.75) is 44.8 Å². The predicted molar refractivity (Wildman–Crippen MR) is 88.3 cm³/mol. The highest BCUT2D eigenvalue weighted by atomic mass is 79.9. The lowest BCUT2D eigenvalue weighted by Crippen LogP contribution is -2.47. The highest BCUT2D eigenvalue weighted by molar-refractivity contribution is 9.10. The standard InChI is InChI=1S/C17H20BrNO4/c1-16(2,3)23-15(21)19-8-6-17(7-9-19)13-10-11(18)4-5-12(13)14(20)22-17/h4-5,10H,6-9H2,1-3H3. The number of fused-ring (bicyclic) bond motifs is 2. The van der Waals surface area contributed by atoms with Gasteiger partial charge in [-0.25, -0.2) is 9.59 Å². The van der Waals surface area contributed by atoms with Gasteiger partial charge in [-0.05, 0) is 39.0 Å². The summed E-state index contributed by atoms with van der Waals surface area (Å²) >= 11 is 3.45. The zero-order chi connectivity index (χ0) is 16.8. The van der Waals surface area contributed by atoms with Crippen molar-refractivity contribution in [1.29, 1.82) is 0 Å². The van der Waals surface area contributed by atoms with Gasteiger partial charge < -0.3 is 14.4 Å². The van der Waals surface area contributed by atoms with E-state index in [2.05, 4.69) is 15.9 Å². The second-order valence-electron chi connectivity index (χ2n) is 7.04. The summed E-state index contributed by atoms with van der Waals surface area (Å²) in [7, 11) is 0. The molecule has 2 heterocycles. The van der Waals surface area contributed by atoms with Crippen LogP contribution >= 0.6 is 15.9 Å². The molecule has 2 aliphatic rings. The van der Waals surface area contributed by atoms with Crippen molar-refractivity contribution in [3.8, 4) is 0 Å². The fourth-order valence-corrected chi connectivity index (χ4v) is 3.47. The molecule has 0 N–H and O–H groups in total. The Labute approximate surface area is 144 Å². The quantitative estimate of drug-likeness (QED) is 0.640. The number of hydrogen-bond donors (Lipinski definition) is 0. The van der Waals surface area contributed by atoms with Gasteiger partial charge in [0.05, 0.1) is 5.56 Å². The lowest BCUT2D eigenvalue weighted by molar-refractivity contribution is -0.0470. The molecule has 23 heavy (non-hydrogen) atoms. The van der Waals surface area contributed by atoms with E-state index >= 15 is 0 Å². The lowest BCUT2D eigenvalue weighted by Gasteiger charge is -2.38. The summed E-state index contributed by atoms with van der Waals surface area (Å²) in [6, 6.07) is 5.58. The molecule has 2 aliphatic heterocycles. The Kier molecular flexibility index (Phi) is 3.91. The molecule has 0 saturated carbocycles. The first-order chi connectivity index (χ1) is 10.7. The topological polar surface area (TPSA) is 55.8 Å². The van der Waals surface area contributed by atoms with Crippen molar-refractivity contribution < 1.29 is 19.1 Å². The SMILES string of the molecule is CC(C)(C)OC(=O)N1CCC2(CC1)OC(=O)c1ccc(Br)cc12. The third-order valence-corrected chi connectivity index (χ3v) is 4.70. The maximum absolute atomic E-state index is 12.2. The number of piperidine rings is 1. The van der Waals surface area contributed by atoms with Crippen LogP contribution in [-0.2, 0) is 15.1 Å². The molecular weight excluding hydrogens is 362 g/mol. The molecule has 1 aromatic carbocycles. The van der Waals surface area contributed by atoms with Crippen LogP contribution in [0.15, 0.2) is 22.7 Å². The molecule has 1 aromatic rings. The van der Waals surface area contributed by atoms with Gasteiger partial charge in [0.25, 0.3) is 0 Å². The van der Waals surface area contributed by atoms with Crippen LogP contribution in [0.5, 0.6) is 0 Å². The van der Waals surface area contributed by atoms with Gasteiger partial charge in [0.1, 0.15) is 11.2 Å². The van der Waals surface area contributed by atoms with Crippen molar-refractivity contribution in [3.05, 3.63) is 33.8 Å². The molecular formula is C17H20BrNO4. The highest BCUT2D eigenvalue weighted by Crippen LogP contribution is 2.45. The van der Waals surface area contributed by atoms with E-state index in [0.717, 1.165) is 10.0 Å². The van der Waals surface area contributed by atoms with Crippen molar-refractivity contribution in [1.82, 2.24) is 4.90 Å². The molecule has 6 heteroatoms. The van der Waals surface area contributed by atoms with E-state index in [1.807, 2.05) is 32.9 Å². The van der Waals surface area contributed by atoms with Crippen LogP contribution in [0.3, 0.4) is 0 Å². The molecule has 0 atom stereocenters. The van der Waals surface area contributed by atoms with Crippen LogP contribution in [0, 0.1) is 0 Å². The number of likely N-dealkylation sites (tertiary alicyclic amines) is 1. The van der Waals surface area contributed by atoms with E-state index in [9.17, 15) is 9.59 Å². The molecule has 124 valence electrons. The second-order valence-corrected chi connectivity index (χ2v) is 7.96. The largest absolute Gasteiger partial charge is 0.450 e. The number of hydrogen-bond acceptors (Lipinski definition) is 4. The first-order valence-corrected chi connectivity index (χ1v) is 8.51. The van der Waals surface area contributed by atoms with E-state index in [4.69, 9.17) is 9.47 Å². The van der Waals surface area contributed by atoms with Crippen LogP contribution in [-0.4, -0.2) is 35.7 Å². The van der Waals surface area contributed by atoms with Crippen LogP contribution < -0.4 is 0 Å². The van der Waals surface area contributed by atoms with Gasteiger partial charge >= 0.3 is 12.1 Å². The van der Waals surface area contributed by atoms with Gasteiger partial charge in [0, 0.05) is 36.0 Å². The summed E-state index contributed by atoms with van der Waals surface area (Å²) in [4.78, 5) is 26.0. The molecule has 0 unspecified atom stereocenters. The van der Waals surface area contributed by atoms with E-state index in [0.29, 0.717) is 31.5 Å². The molecule has 0 aromatic heterocycles. The number of esters is 1. The number of benzene rings is 1. The Balaban J connectivity index is 1.76. The molecule has 1 amide bonds. The smallest absolute Gasteiger partial charge is 0.410 e. The molecule has 0 aliphatic carbocycles. The highest BCUT2D eigenvalue weighted by Gasteiger charge is 2.48. The minimum atomic E-state index is -0.616. The van der Waals surface area contributed by atoms with Gasteiger partial charge in [-0.1, -0.05) is 15.9 Å². The summed E-state index contributed by atoms with van der Waals surface area (Å²) in [5, 5.41) is 0. The Morgan fingerprint density at radius 2 is 1.96 bits per heavy atom. The van der Waals surface area contributed by atoms with E-state index in [1.165, 1.54) is 0 Å². The normalized spacial score (nSPS) is 19.5. The van der Waals surface area contributed by atoms with E-state index < -0.39 is 11.2 Å². The van der Waals surface area contributed by atoms with Crippen molar-refractivity contribution >= 4 is 28.0 Å². The van der Waals surface area contributed by atoms with Crippen LogP contribution in [0.1, 0.15) is 49.5 Å². The zero-order valence-corrected chi connectivity index (χ0v) is 15.1. The second kappa shape index (κ2) is 5.51. The molecule has 3 rings (SSSR count). The Bertz CT molecular complexity index is 657. The summed E-state index contributed by atoms with van der Waals surface area (Å²) in [5.74, 6) is -0.279. The fraction of sp³-hybridized carbons (Fsp3) is 0.529. The van der Waals surface area contributed by atoms with Gasteiger partial charge in [-0.2, -0.15) is 0 Å². The first kappa shape index (κ1) is 16.3. The maximum Gasteiger partial charge on any atom is 0.410 e. The van der Waals surface area contributed by atoms with Crippen molar-refractivity contribution in [2.75, 3.05) is 13.1 Å². The molecule has 0 radical (unpaired) electrons. The summed E-state index contributed by atoms with van der Waals surface area (Å²) in [6.45, 7) is 6.57. The minimum Gasteiger partial charge on any atom is -0.450 e. The number of nitrogens with zero attached hydrogens (tertiary/aromatic N) is 1. The molecule has 5 nitrogen and oxygen atoms in total. The fourth-order valence-electron chi connectivity index (χ4n) is 3.11. The summed E-state index contributed by atoms with van der Waals surface area (Å²) in [6.07, 6.45) is 0.856. The van der Waals surface area contributed by atoms with E-state index in [-0.39, 0.29) is 12.1 Å². The summed E-state index contributed by atoms with van der Waals surface area (Å²) in [5.41, 5.74) is 0.415. The summed E-state index contributed by atoms with van der Waals surface area (Å²) < 4.78 is 12.0. The Morgan fingerprint density at radius 1 is 1.30 bits per heavy atom. The maximum atomic E-state index is 12.2. The minimum absolute atomic E-state index is 0.279. The van der Waals surface area contributed by atoms with Gasteiger partial charge in [-0.3, -0.25) is 0 Å². The average Bonchev–Trinajstić information content (AvgIpc) is 2.70. The molecule has 1 fully saturated rings. The number of amides is 1. The number of ether oxygens (including phenoxy) is 2. The zero-order valence-electron chi connectivity index (χ0n) is 13.5. The van der Waals surface area contributed by atoms with Crippen LogP contribution in [0.4, 0.5) is 4.79 Å². The molecule has 1 saturated heterocycles. The monoisotopic (exact) mass is 381 g/mol. The van der Waals surface area contributed by atoms with Gasteiger partial charge in [0.2, 0.25) is 0 Å². The average molecular weight is 382 g/mol. The third kappa shape index (κ3) is 3.09. The number of halogens is 1. The van der Waals surface area contributed by atoms with Crippen LogP contribution in [0.2, 0.25) is 0 Å². The Morgan fingerprint density at radius 3 is 2.57 bits per heavy atom. The first-order valence-electron chi connectivity index (χ1n) is 7.71. The number of carbonyl (C=O) groups is 2. The van der Waals surface area contributed by atoms with Crippen molar-refractivity contribution in [2.24, 2.45) is 0 Å².